The number of rotatable bonds is 13. The van der Waals surface area contributed by atoms with E-state index >= 15 is 0 Å². The molecular weight excluding hydrogens is 469 g/mol. The van der Waals surface area contributed by atoms with Crippen LogP contribution in [-0.4, -0.2) is 52.1 Å². The van der Waals surface area contributed by atoms with Gasteiger partial charge >= 0.3 is 0 Å². The highest BCUT2D eigenvalue weighted by molar-refractivity contribution is 14.0. The Morgan fingerprint density at radius 3 is 2.54 bits per heavy atom. The molecule has 2 rings (SSSR count). The molecule has 0 aliphatic heterocycles. The Kier molecular flexibility index (Phi) is 13.3. The number of anilines is 1. The second-order valence-corrected chi connectivity index (χ2v) is 7.19. The third kappa shape index (κ3) is 11.7. The quantitative estimate of drug-likeness (QED) is 0.181. The van der Waals surface area contributed by atoms with Gasteiger partial charge in [0.25, 0.3) is 0 Å². The van der Waals surface area contributed by atoms with Crippen molar-refractivity contribution in [2.75, 3.05) is 45.3 Å². The van der Waals surface area contributed by atoms with Crippen molar-refractivity contribution in [1.29, 1.82) is 0 Å². The molecule has 0 heterocycles. The molecule has 1 aliphatic rings. The lowest BCUT2D eigenvalue weighted by Crippen LogP contribution is -2.32. The lowest BCUT2D eigenvalue weighted by atomic mass is 10.3. The van der Waals surface area contributed by atoms with Crippen molar-refractivity contribution in [3.05, 3.63) is 24.3 Å². The summed E-state index contributed by atoms with van der Waals surface area (Å²) in [6.07, 6.45) is 4.70. The third-order valence-electron chi connectivity index (χ3n) is 4.07. The fourth-order valence-corrected chi connectivity index (χ4v) is 2.48. The topological polar surface area (TPSA) is 64.1 Å². The van der Waals surface area contributed by atoms with Gasteiger partial charge in [0.05, 0.1) is 6.10 Å². The first-order chi connectivity index (χ1) is 13.2. The number of hydrogen-bond donors (Lipinski definition) is 2. The summed E-state index contributed by atoms with van der Waals surface area (Å²) >= 11 is 0. The van der Waals surface area contributed by atoms with E-state index in [0.717, 1.165) is 62.5 Å². The molecule has 0 aromatic heterocycles. The van der Waals surface area contributed by atoms with E-state index in [2.05, 4.69) is 15.6 Å². The first kappa shape index (κ1) is 25.0. The fraction of sp³-hybridized carbons (Fsp3) is 0.667. The molecule has 160 valence electrons. The van der Waals surface area contributed by atoms with Crippen molar-refractivity contribution in [2.45, 2.75) is 45.6 Å². The van der Waals surface area contributed by atoms with Crippen LogP contribution in [0.15, 0.2) is 29.3 Å². The van der Waals surface area contributed by atoms with Crippen molar-refractivity contribution >= 4 is 35.6 Å². The van der Waals surface area contributed by atoms with Gasteiger partial charge in [-0.3, -0.25) is 4.99 Å². The zero-order valence-corrected chi connectivity index (χ0v) is 19.7. The molecule has 0 spiro atoms. The Labute approximate surface area is 186 Å². The minimum absolute atomic E-state index is 0. The molecular formula is C21H36IN3O3. The molecule has 2 N–H and O–H groups in total. The van der Waals surface area contributed by atoms with Crippen LogP contribution in [0.2, 0.25) is 0 Å². The van der Waals surface area contributed by atoms with Crippen LogP contribution >= 0.6 is 24.0 Å². The predicted molar refractivity (Wildman–Crippen MR) is 126 cm³/mol. The van der Waals surface area contributed by atoms with E-state index in [9.17, 15) is 0 Å². The average Bonchev–Trinajstić information content (AvgIpc) is 3.47. The zero-order chi connectivity index (χ0) is 19.3. The second kappa shape index (κ2) is 14.9. The molecule has 1 fully saturated rings. The van der Waals surface area contributed by atoms with E-state index in [0.29, 0.717) is 6.61 Å². The SMILES string of the molecule is COCCCN=C(NCCCOCC1CC1)Nc1ccc(OC(C)C)cc1.I. The summed E-state index contributed by atoms with van der Waals surface area (Å²) < 4.78 is 16.5. The Bertz CT molecular complexity index is 548. The highest BCUT2D eigenvalue weighted by atomic mass is 127. The van der Waals surface area contributed by atoms with Gasteiger partial charge in [0, 0.05) is 45.7 Å². The summed E-state index contributed by atoms with van der Waals surface area (Å²) in [5.74, 6) is 2.47. The lowest BCUT2D eigenvalue weighted by molar-refractivity contribution is 0.123. The lowest BCUT2D eigenvalue weighted by Gasteiger charge is -2.14. The average molecular weight is 505 g/mol. The molecule has 1 aliphatic carbocycles. The zero-order valence-electron chi connectivity index (χ0n) is 17.4. The van der Waals surface area contributed by atoms with Gasteiger partial charge in [0.2, 0.25) is 0 Å². The number of nitrogens with one attached hydrogen (secondary N) is 2. The minimum Gasteiger partial charge on any atom is -0.491 e. The maximum Gasteiger partial charge on any atom is 0.195 e. The van der Waals surface area contributed by atoms with E-state index in [4.69, 9.17) is 14.2 Å². The summed E-state index contributed by atoms with van der Waals surface area (Å²) in [4.78, 5) is 4.63. The summed E-state index contributed by atoms with van der Waals surface area (Å²) in [6.45, 7) is 8.02. The Morgan fingerprint density at radius 2 is 1.89 bits per heavy atom. The van der Waals surface area contributed by atoms with Crippen LogP contribution in [0.4, 0.5) is 5.69 Å². The molecule has 1 aromatic rings. The van der Waals surface area contributed by atoms with Gasteiger partial charge in [-0.15, -0.1) is 24.0 Å². The van der Waals surface area contributed by atoms with Gasteiger partial charge in [0.15, 0.2) is 5.96 Å². The Balaban J connectivity index is 0.00000392. The molecule has 1 saturated carbocycles. The highest BCUT2D eigenvalue weighted by Gasteiger charge is 2.20. The highest BCUT2D eigenvalue weighted by Crippen LogP contribution is 2.28. The van der Waals surface area contributed by atoms with Gasteiger partial charge in [-0.25, -0.2) is 0 Å². The maximum absolute atomic E-state index is 5.69. The van der Waals surface area contributed by atoms with Gasteiger partial charge in [0.1, 0.15) is 5.75 Å². The summed E-state index contributed by atoms with van der Waals surface area (Å²) in [7, 11) is 1.71. The van der Waals surface area contributed by atoms with Crippen LogP contribution in [0.1, 0.15) is 39.5 Å². The van der Waals surface area contributed by atoms with E-state index in [1.165, 1.54) is 12.8 Å². The number of guanidine groups is 1. The molecule has 0 saturated heterocycles. The number of halogens is 1. The van der Waals surface area contributed by atoms with Crippen molar-refractivity contribution in [3.8, 4) is 5.75 Å². The standard InChI is InChI=1S/C21H35N3O3.HI/c1-17(2)27-20-10-8-19(9-11-20)24-21(22-12-4-14-25-3)23-13-5-15-26-16-18-6-7-18;/h8-11,17-18H,4-7,12-16H2,1-3H3,(H2,22,23,24);1H. The van der Waals surface area contributed by atoms with Crippen LogP contribution in [0, 0.1) is 5.92 Å². The third-order valence-corrected chi connectivity index (χ3v) is 4.07. The first-order valence-corrected chi connectivity index (χ1v) is 10.1. The van der Waals surface area contributed by atoms with Crippen molar-refractivity contribution in [3.63, 3.8) is 0 Å². The molecule has 0 radical (unpaired) electrons. The normalized spacial score (nSPS) is 13.9. The van der Waals surface area contributed by atoms with Gasteiger partial charge in [-0.2, -0.15) is 0 Å². The van der Waals surface area contributed by atoms with Crippen molar-refractivity contribution in [1.82, 2.24) is 5.32 Å². The molecule has 1 aromatic carbocycles. The fourth-order valence-electron chi connectivity index (χ4n) is 2.48. The summed E-state index contributed by atoms with van der Waals surface area (Å²) in [5.41, 5.74) is 0.981. The molecule has 0 unspecified atom stereocenters. The molecule has 0 bridgehead atoms. The van der Waals surface area contributed by atoms with Gasteiger partial charge in [-0.1, -0.05) is 0 Å². The number of methoxy groups -OCH3 is 1. The Hall–Kier alpha value is -1.06. The molecule has 7 heteroatoms. The predicted octanol–water partition coefficient (Wildman–Crippen LogP) is 4.30. The monoisotopic (exact) mass is 505 g/mol. The van der Waals surface area contributed by atoms with Crippen LogP contribution in [0.5, 0.6) is 5.75 Å². The van der Waals surface area contributed by atoms with E-state index in [1.54, 1.807) is 7.11 Å². The van der Waals surface area contributed by atoms with Crippen molar-refractivity contribution < 1.29 is 14.2 Å². The largest absolute Gasteiger partial charge is 0.491 e. The van der Waals surface area contributed by atoms with Gasteiger partial charge in [-0.05, 0) is 69.7 Å². The molecule has 6 nitrogen and oxygen atoms in total. The van der Waals surface area contributed by atoms with E-state index in [-0.39, 0.29) is 30.1 Å². The summed E-state index contributed by atoms with van der Waals surface area (Å²) in [6, 6.07) is 7.94. The molecule has 0 amide bonds. The van der Waals surface area contributed by atoms with Crippen LogP contribution < -0.4 is 15.4 Å². The maximum atomic E-state index is 5.69. The van der Waals surface area contributed by atoms with Crippen LogP contribution in [0.25, 0.3) is 0 Å². The number of hydrogen-bond acceptors (Lipinski definition) is 4. The second-order valence-electron chi connectivity index (χ2n) is 7.19. The minimum atomic E-state index is 0. The van der Waals surface area contributed by atoms with Gasteiger partial charge < -0.3 is 24.8 Å². The van der Waals surface area contributed by atoms with E-state index < -0.39 is 0 Å². The van der Waals surface area contributed by atoms with E-state index in [1.807, 2.05) is 38.1 Å². The number of nitrogens with zero attached hydrogens (tertiary/aromatic N) is 1. The first-order valence-electron chi connectivity index (χ1n) is 10.1. The molecule has 28 heavy (non-hydrogen) atoms. The molecule has 0 atom stereocenters. The number of benzene rings is 1. The smallest absolute Gasteiger partial charge is 0.195 e. The summed E-state index contributed by atoms with van der Waals surface area (Å²) in [5, 5.41) is 6.74. The van der Waals surface area contributed by atoms with Crippen LogP contribution in [0.3, 0.4) is 0 Å². The van der Waals surface area contributed by atoms with Crippen molar-refractivity contribution in [2.24, 2.45) is 10.9 Å². The number of aliphatic imine (C=N–C) groups is 1. The number of ether oxygens (including phenoxy) is 3. The van der Waals surface area contributed by atoms with Crippen LogP contribution in [-0.2, 0) is 9.47 Å². The Morgan fingerprint density at radius 1 is 1.14 bits per heavy atom.